The molecule has 0 atom stereocenters. The number of hydrogen-bond donors (Lipinski definition) is 0. The molecule has 0 bridgehead atoms. The first-order chi connectivity index (χ1) is 21.3. The molecular formula is C39H23N3S. The van der Waals surface area contributed by atoms with Crippen LogP contribution in [0.5, 0.6) is 0 Å². The second-order valence-electron chi connectivity index (χ2n) is 10.8. The summed E-state index contributed by atoms with van der Waals surface area (Å²) in [4.78, 5) is 15.5. The molecule has 9 rings (SSSR count). The number of benzene rings is 7. The fourth-order valence-corrected chi connectivity index (χ4v) is 7.18. The number of aromatic nitrogens is 3. The number of nitrogens with zero attached hydrogens (tertiary/aromatic N) is 3. The highest BCUT2D eigenvalue weighted by atomic mass is 32.1. The van der Waals surface area contributed by atoms with E-state index >= 15 is 0 Å². The summed E-state index contributed by atoms with van der Waals surface area (Å²) in [5, 5.41) is 9.13. The third-order valence-electron chi connectivity index (χ3n) is 8.28. The van der Waals surface area contributed by atoms with Crippen molar-refractivity contribution in [3.05, 3.63) is 140 Å². The molecule has 0 spiro atoms. The van der Waals surface area contributed by atoms with Crippen LogP contribution < -0.4 is 0 Å². The van der Waals surface area contributed by atoms with Gasteiger partial charge in [0.15, 0.2) is 5.82 Å². The van der Waals surface area contributed by atoms with E-state index in [2.05, 4.69) is 133 Å². The molecule has 0 radical (unpaired) electrons. The van der Waals surface area contributed by atoms with Crippen molar-refractivity contribution in [2.24, 2.45) is 0 Å². The average molecular weight is 566 g/mol. The maximum atomic E-state index is 5.36. The highest BCUT2D eigenvalue weighted by Crippen LogP contribution is 2.41. The van der Waals surface area contributed by atoms with Gasteiger partial charge in [-0.1, -0.05) is 115 Å². The van der Waals surface area contributed by atoms with Crippen molar-refractivity contribution in [1.29, 1.82) is 0 Å². The zero-order valence-electron chi connectivity index (χ0n) is 23.0. The Morgan fingerprint density at radius 2 is 1.07 bits per heavy atom. The summed E-state index contributed by atoms with van der Waals surface area (Å²) in [6.07, 6.45) is 0. The van der Waals surface area contributed by atoms with Crippen LogP contribution in [-0.4, -0.2) is 15.0 Å². The topological polar surface area (TPSA) is 38.7 Å². The van der Waals surface area contributed by atoms with Crippen molar-refractivity contribution in [3.63, 3.8) is 0 Å². The van der Waals surface area contributed by atoms with Gasteiger partial charge in [0, 0.05) is 27.5 Å². The van der Waals surface area contributed by atoms with Gasteiger partial charge in [-0.3, -0.25) is 0 Å². The Labute approximate surface area is 251 Å². The molecule has 0 aliphatic heterocycles. The molecule has 9 aromatic rings. The number of rotatable bonds is 3. The molecule has 0 fully saturated rings. The van der Waals surface area contributed by atoms with Crippen LogP contribution in [0.2, 0.25) is 0 Å². The first-order valence-electron chi connectivity index (χ1n) is 14.4. The number of hydrogen-bond acceptors (Lipinski definition) is 4. The van der Waals surface area contributed by atoms with E-state index in [0.29, 0.717) is 5.82 Å². The Kier molecular flexibility index (Phi) is 5.37. The van der Waals surface area contributed by atoms with E-state index in [9.17, 15) is 0 Å². The van der Waals surface area contributed by atoms with Gasteiger partial charge in [-0.25, -0.2) is 15.0 Å². The predicted molar refractivity (Wildman–Crippen MR) is 182 cm³/mol. The minimum absolute atomic E-state index is 0.715. The van der Waals surface area contributed by atoms with Gasteiger partial charge in [-0.15, -0.1) is 11.3 Å². The van der Waals surface area contributed by atoms with Gasteiger partial charge in [0.05, 0.1) is 21.4 Å². The molecule has 0 amide bonds. The first kappa shape index (κ1) is 24.2. The van der Waals surface area contributed by atoms with Gasteiger partial charge in [0.25, 0.3) is 0 Å². The van der Waals surface area contributed by atoms with Crippen LogP contribution in [0.1, 0.15) is 0 Å². The fraction of sp³-hybridized carbons (Fsp3) is 0. The summed E-state index contributed by atoms with van der Waals surface area (Å²) in [5.41, 5.74) is 6.16. The van der Waals surface area contributed by atoms with Gasteiger partial charge < -0.3 is 0 Å². The molecule has 0 N–H and O–H groups in total. The summed E-state index contributed by atoms with van der Waals surface area (Å²) >= 11 is 1.71. The van der Waals surface area contributed by atoms with Crippen LogP contribution in [0, 0.1) is 0 Å². The van der Waals surface area contributed by atoms with Crippen molar-refractivity contribution in [3.8, 4) is 33.2 Å². The molecule has 3 nitrogen and oxygen atoms in total. The summed E-state index contributed by atoms with van der Waals surface area (Å²) in [6, 6.07) is 49.1. The SMILES string of the molecule is c1ccc2c(-c3nc(-c4ccc(-c5nc6ccccc6s5)cc4)nc4c3ccc3ccccc34)c3ccccc3cc2c1. The molecule has 43 heavy (non-hydrogen) atoms. The molecule has 7 aromatic carbocycles. The van der Waals surface area contributed by atoms with Crippen LogP contribution in [0.3, 0.4) is 0 Å². The molecular weight excluding hydrogens is 543 g/mol. The van der Waals surface area contributed by atoms with E-state index < -0.39 is 0 Å². The Morgan fingerprint density at radius 3 is 1.81 bits per heavy atom. The second-order valence-corrected chi connectivity index (χ2v) is 11.9. The van der Waals surface area contributed by atoms with Gasteiger partial charge >= 0.3 is 0 Å². The zero-order chi connectivity index (χ0) is 28.3. The third kappa shape index (κ3) is 3.92. The number of fused-ring (bicyclic) bond motifs is 6. The van der Waals surface area contributed by atoms with Gasteiger partial charge in [0.2, 0.25) is 0 Å². The lowest BCUT2D eigenvalue weighted by Crippen LogP contribution is -1.97. The van der Waals surface area contributed by atoms with Crippen molar-refractivity contribution >= 4 is 64.8 Å². The fourth-order valence-electron chi connectivity index (χ4n) is 6.21. The smallest absolute Gasteiger partial charge is 0.160 e. The molecule has 0 unspecified atom stereocenters. The van der Waals surface area contributed by atoms with Crippen molar-refractivity contribution < 1.29 is 0 Å². The second kappa shape index (κ2) is 9.55. The average Bonchev–Trinajstić information content (AvgIpc) is 3.51. The van der Waals surface area contributed by atoms with E-state index in [1.54, 1.807) is 11.3 Å². The summed E-state index contributed by atoms with van der Waals surface area (Å²) in [7, 11) is 0. The van der Waals surface area contributed by atoms with Crippen LogP contribution in [0.25, 0.3) is 86.7 Å². The lowest BCUT2D eigenvalue weighted by molar-refractivity contribution is 1.24. The van der Waals surface area contributed by atoms with Crippen LogP contribution in [0.4, 0.5) is 0 Å². The van der Waals surface area contributed by atoms with Crippen molar-refractivity contribution in [2.45, 2.75) is 0 Å². The number of para-hydroxylation sites is 1. The standard InChI is InChI=1S/C39H23N3S/c1-6-14-31-24(9-1)21-22-32-36(31)41-38(25-17-19-26(20-18-25)39-40-33-15-7-8-16-34(33)43-39)42-37(32)35-29-12-4-2-10-27(29)23-28-11-3-5-13-30(28)35/h1-23H. The third-order valence-corrected chi connectivity index (χ3v) is 9.37. The maximum absolute atomic E-state index is 5.36. The molecule has 0 saturated carbocycles. The Balaban J connectivity index is 1.32. The van der Waals surface area contributed by atoms with Crippen LogP contribution in [-0.2, 0) is 0 Å². The Morgan fingerprint density at radius 1 is 0.442 bits per heavy atom. The van der Waals surface area contributed by atoms with Crippen LogP contribution in [0.15, 0.2) is 140 Å². The van der Waals surface area contributed by atoms with Crippen LogP contribution >= 0.6 is 11.3 Å². The molecule has 0 saturated heterocycles. The van der Waals surface area contributed by atoms with Gasteiger partial charge in [-0.05, 0) is 51.2 Å². The molecule has 0 aliphatic carbocycles. The molecule has 0 aliphatic rings. The first-order valence-corrected chi connectivity index (χ1v) is 15.2. The quantitative estimate of drug-likeness (QED) is 0.158. The normalized spacial score (nSPS) is 11.7. The van der Waals surface area contributed by atoms with Crippen molar-refractivity contribution in [1.82, 2.24) is 15.0 Å². The lowest BCUT2D eigenvalue weighted by atomic mass is 9.92. The lowest BCUT2D eigenvalue weighted by Gasteiger charge is -2.16. The molecule has 2 aromatic heterocycles. The minimum atomic E-state index is 0.715. The highest BCUT2D eigenvalue weighted by Gasteiger charge is 2.18. The van der Waals surface area contributed by atoms with E-state index in [1.807, 2.05) is 6.07 Å². The Hall–Kier alpha value is -5.45. The number of thiazole rings is 1. The molecule has 4 heteroatoms. The van der Waals surface area contributed by atoms with Crippen molar-refractivity contribution in [2.75, 3.05) is 0 Å². The Bertz CT molecular complexity index is 2420. The predicted octanol–water partition coefficient (Wildman–Crippen LogP) is 10.7. The van der Waals surface area contributed by atoms with Gasteiger partial charge in [-0.2, -0.15) is 0 Å². The zero-order valence-corrected chi connectivity index (χ0v) is 23.8. The summed E-state index contributed by atoms with van der Waals surface area (Å²) < 4.78 is 1.19. The van der Waals surface area contributed by atoms with E-state index in [4.69, 9.17) is 15.0 Å². The molecule has 2 heterocycles. The minimum Gasteiger partial charge on any atom is -0.236 e. The largest absolute Gasteiger partial charge is 0.236 e. The van der Waals surface area contributed by atoms with Gasteiger partial charge in [0.1, 0.15) is 5.01 Å². The molecule has 200 valence electrons. The van der Waals surface area contributed by atoms with E-state index in [-0.39, 0.29) is 0 Å². The maximum Gasteiger partial charge on any atom is 0.160 e. The highest BCUT2D eigenvalue weighted by molar-refractivity contribution is 7.21. The van der Waals surface area contributed by atoms with E-state index in [0.717, 1.165) is 49.2 Å². The monoisotopic (exact) mass is 565 g/mol. The summed E-state index contributed by atoms with van der Waals surface area (Å²) in [5.74, 6) is 0.715. The summed E-state index contributed by atoms with van der Waals surface area (Å²) in [6.45, 7) is 0. The van der Waals surface area contributed by atoms with E-state index in [1.165, 1.54) is 31.6 Å².